The van der Waals surface area contributed by atoms with E-state index in [0.29, 0.717) is 24.0 Å². The van der Waals surface area contributed by atoms with Crippen molar-refractivity contribution in [2.24, 2.45) is 28.1 Å². The minimum atomic E-state index is -1.64. The molecular formula is C51H73N13O13. The first-order valence-corrected chi connectivity index (χ1v) is 25.6. The van der Waals surface area contributed by atoms with Gasteiger partial charge in [-0.3, -0.25) is 48.1 Å². The molecule has 0 unspecified atom stereocenters. The maximum Gasteiger partial charge on any atom is 0.325 e. The summed E-state index contributed by atoms with van der Waals surface area (Å²) < 4.78 is 0. The van der Waals surface area contributed by atoms with E-state index < -0.39 is 121 Å². The SMILES string of the molecule is CC(C)C[C@H](NC(=O)[C@H](Cc1c[nH]c2ccccc12)NC(=O)[C@H](CCCN=C(N)N)NC(=O)[C@@H](N)Cc1ccc(O)cc1)C(=O)N1CCC[C@H]1C(=O)N1CCC[C@H]1C(=O)N[C@@H](CO)C(=O)N[C@@H](CO)C(=O)N[C@@H](C)C(=O)O. The van der Waals surface area contributed by atoms with Gasteiger partial charge in [0.2, 0.25) is 47.3 Å². The minimum absolute atomic E-state index is 0.0274. The van der Waals surface area contributed by atoms with Gasteiger partial charge in [0.25, 0.3) is 0 Å². The van der Waals surface area contributed by atoms with Crippen molar-refractivity contribution in [2.45, 2.75) is 133 Å². The molecule has 26 heteroatoms. The second-order valence-electron chi connectivity index (χ2n) is 19.7. The number of hydrogen-bond acceptors (Lipinski definition) is 14. The van der Waals surface area contributed by atoms with Crippen molar-refractivity contribution >= 4 is 70.1 Å². The average molecular weight is 1080 g/mol. The minimum Gasteiger partial charge on any atom is -0.508 e. The molecule has 5 rings (SSSR count). The lowest BCUT2D eigenvalue weighted by atomic mass is 9.99. The number of aromatic amines is 1. The van der Waals surface area contributed by atoms with Gasteiger partial charge in [0, 0.05) is 43.2 Å². The number of aromatic hydroxyl groups is 1. The number of H-pyrrole nitrogens is 1. The largest absolute Gasteiger partial charge is 0.508 e. The van der Waals surface area contributed by atoms with E-state index in [1.54, 1.807) is 18.3 Å². The molecule has 26 nitrogen and oxygen atoms in total. The molecule has 0 spiro atoms. The zero-order valence-corrected chi connectivity index (χ0v) is 43.4. The number of para-hydroxylation sites is 1. The van der Waals surface area contributed by atoms with Gasteiger partial charge in [-0.1, -0.05) is 44.2 Å². The number of carboxylic acid groups (broad SMARTS) is 1. The number of nitrogens with zero attached hydrogens (tertiary/aromatic N) is 3. The highest BCUT2D eigenvalue weighted by molar-refractivity contribution is 5.99. The van der Waals surface area contributed by atoms with E-state index >= 15 is 0 Å². The van der Waals surface area contributed by atoms with E-state index in [4.69, 9.17) is 22.3 Å². The van der Waals surface area contributed by atoms with Crippen molar-refractivity contribution in [1.82, 2.24) is 46.7 Å². The van der Waals surface area contributed by atoms with Gasteiger partial charge in [0.05, 0.1) is 19.3 Å². The topological polar surface area (TPSA) is 419 Å². The first kappa shape index (κ1) is 60.0. The average Bonchev–Trinajstić information content (AvgIpc) is 4.19. The Morgan fingerprint density at radius 2 is 1.27 bits per heavy atom. The van der Waals surface area contributed by atoms with Crippen molar-refractivity contribution in [3.63, 3.8) is 0 Å². The number of phenolic OH excluding ortho intramolecular Hbond substituents is 1. The number of carbonyl (C=O) groups excluding carboxylic acids is 8. The number of benzene rings is 2. The second-order valence-corrected chi connectivity index (χ2v) is 19.7. The van der Waals surface area contributed by atoms with Gasteiger partial charge < -0.3 is 84.3 Å². The number of amides is 8. The van der Waals surface area contributed by atoms with Gasteiger partial charge in [-0.25, -0.2) is 0 Å². The van der Waals surface area contributed by atoms with Crippen LogP contribution in [-0.4, -0.2) is 182 Å². The number of aromatic nitrogens is 1. The van der Waals surface area contributed by atoms with E-state index in [1.165, 1.54) is 28.9 Å². The van der Waals surface area contributed by atoms with Crippen molar-refractivity contribution in [2.75, 3.05) is 32.8 Å². The summed E-state index contributed by atoms with van der Waals surface area (Å²) in [6.07, 6.45) is 3.26. The number of fused-ring (bicyclic) bond motifs is 1. The predicted molar refractivity (Wildman–Crippen MR) is 280 cm³/mol. The summed E-state index contributed by atoms with van der Waals surface area (Å²) >= 11 is 0. The molecule has 0 aliphatic carbocycles. The molecule has 2 saturated heterocycles. The highest BCUT2D eigenvalue weighted by Crippen LogP contribution is 2.27. The zero-order valence-electron chi connectivity index (χ0n) is 43.4. The third kappa shape index (κ3) is 16.8. The van der Waals surface area contributed by atoms with Crippen LogP contribution in [-0.2, 0) is 56.0 Å². The van der Waals surface area contributed by atoms with Crippen LogP contribution in [0.2, 0.25) is 0 Å². The van der Waals surface area contributed by atoms with Gasteiger partial charge >= 0.3 is 5.97 Å². The van der Waals surface area contributed by atoms with Crippen LogP contribution in [0.15, 0.2) is 59.7 Å². The third-order valence-corrected chi connectivity index (χ3v) is 13.4. The maximum absolute atomic E-state index is 14.8. The number of carbonyl (C=O) groups is 9. The second kappa shape index (κ2) is 28.3. The molecule has 3 aromatic rings. The molecule has 0 bridgehead atoms. The first-order chi connectivity index (χ1) is 36.6. The Kier molecular flexibility index (Phi) is 22.1. The maximum atomic E-state index is 14.8. The summed E-state index contributed by atoms with van der Waals surface area (Å²) in [4.78, 5) is 132. The number of likely N-dealkylation sites (tertiary alicyclic amines) is 2. The Hall–Kier alpha value is -7.84. The number of rotatable bonds is 27. The molecule has 2 aliphatic rings. The number of aliphatic carboxylic acids is 1. The molecule has 0 saturated carbocycles. The predicted octanol–water partition coefficient (Wildman–Crippen LogP) is -2.93. The zero-order chi connectivity index (χ0) is 56.5. The molecule has 8 amide bonds. The molecule has 2 aromatic carbocycles. The van der Waals surface area contributed by atoms with Crippen LogP contribution >= 0.6 is 0 Å². The quantitative estimate of drug-likeness (QED) is 0.0206. The Morgan fingerprint density at radius 1 is 0.701 bits per heavy atom. The molecule has 3 heterocycles. The highest BCUT2D eigenvalue weighted by atomic mass is 16.4. The fourth-order valence-corrected chi connectivity index (χ4v) is 9.28. The number of nitrogens with two attached hydrogens (primary N) is 3. The van der Waals surface area contributed by atoms with E-state index in [2.05, 4.69) is 41.9 Å². The van der Waals surface area contributed by atoms with Crippen molar-refractivity contribution < 1.29 is 63.6 Å². The molecule has 9 atom stereocenters. The smallest absolute Gasteiger partial charge is 0.325 e. The van der Waals surface area contributed by atoms with Gasteiger partial charge in [0.15, 0.2) is 5.96 Å². The van der Waals surface area contributed by atoms with Crippen molar-refractivity contribution in [1.29, 1.82) is 0 Å². The van der Waals surface area contributed by atoms with Crippen LogP contribution in [0.3, 0.4) is 0 Å². The van der Waals surface area contributed by atoms with Gasteiger partial charge in [-0.05, 0) is 93.5 Å². The Labute approximate surface area is 444 Å². The van der Waals surface area contributed by atoms with E-state index in [1.807, 2.05) is 38.1 Å². The number of aliphatic hydroxyl groups excluding tert-OH is 2. The molecule has 420 valence electrons. The fraction of sp³-hybridized carbons (Fsp3) is 0.529. The first-order valence-electron chi connectivity index (χ1n) is 25.6. The molecule has 77 heavy (non-hydrogen) atoms. The van der Waals surface area contributed by atoms with E-state index in [-0.39, 0.29) is 82.2 Å². The van der Waals surface area contributed by atoms with E-state index in [0.717, 1.165) is 10.9 Å². The highest BCUT2D eigenvalue weighted by Gasteiger charge is 2.45. The fourth-order valence-electron chi connectivity index (χ4n) is 9.28. The number of hydrogen-bond donors (Lipinski definition) is 14. The van der Waals surface area contributed by atoms with Crippen LogP contribution in [0.1, 0.15) is 76.8 Å². The van der Waals surface area contributed by atoms with Crippen LogP contribution in [0.5, 0.6) is 5.75 Å². The normalized spacial score (nSPS) is 18.0. The number of guanidine groups is 1. The van der Waals surface area contributed by atoms with Crippen LogP contribution in [0.25, 0.3) is 10.9 Å². The standard InChI is InChI=1S/C51H73N13O13/c1-27(2)21-37(48(74)64-20-8-13-41(64)49(75)63-19-7-12-40(63)47(73)62-39(26-66)46(72)61-38(25-65)45(71)57-28(3)50(76)77)60-44(70)36(23-30-24-56-34-10-5-4-9-32(30)34)59-43(69)35(11-6-18-55-51(53)54)58-42(68)33(52)22-29-14-16-31(67)17-15-29/h4-5,9-10,14-17,24,27-28,33,35-41,56,65-67H,6-8,11-13,18-23,25-26,52H2,1-3H3,(H,57,71)(H,58,68)(H,59,69)(H,60,70)(H,61,72)(H,62,73)(H,76,77)(H4,53,54,55)/t28-,33-,35-,36-,37-,38-,39-,40-,41-/m0/s1. The molecule has 2 aliphatic heterocycles. The number of carboxylic acids is 1. The molecule has 0 radical (unpaired) electrons. The number of nitrogens with one attached hydrogen (secondary N) is 7. The lowest BCUT2D eigenvalue weighted by molar-refractivity contribution is -0.148. The third-order valence-electron chi connectivity index (χ3n) is 13.4. The van der Waals surface area contributed by atoms with Crippen LogP contribution < -0.4 is 49.1 Å². The molecule has 2 fully saturated rings. The van der Waals surface area contributed by atoms with Crippen molar-refractivity contribution in [3.8, 4) is 5.75 Å². The number of aliphatic hydroxyl groups is 2. The lowest BCUT2D eigenvalue weighted by Gasteiger charge is -2.34. The Morgan fingerprint density at radius 3 is 1.92 bits per heavy atom. The molecule has 1 aromatic heterocycles. The summed E-state index contributed by atoms with van der Waals surface area (Å²) in [5.41, 5.74) is 19.4. The van der Waals surface area contributed by atoms with E-state index in [9.17, 15) is 58.5 Å². The van der Waals surface area contributed by atoms with Crippen molar-refractivity contribution in [3.05, 3.63) is 65.9 Å². The van der Waals surface area contributed by atoms with Crippen LogP contribution in [0, 0.1) is 5.92 Å². The Bertz CT molecular complexity index is 2610. The van der Waals surface area contributed by atoms with Gasteiger partial charge in [0.1, 0.15) is 54.1 Å². The summed E-state index contributed by atoms with van der Waals surface area (Å²) in [7, 11) is 0. The number of aliphatic imine (C=N–C) groups is 1. The van der Waals surface area contributed by atoms with Gasteiger partial charge in [-0.15, -0.1) is 0 Å². The molecular weight excluding hydrogens is 1000 g/mol. The lowest BCUT2D eigenvalue weighted by Crippen LogP contribution is -2.60. The summed E-state index contributed by atoms with van der Waals surface area (Å²) in [5, 5.41) is 54.5. The summed E-state index contributed by atoms with van der Waals surface area (Å²) in [6, 6.07) is 1.77. The summed E-state index contributed by atoms with van der Waals surface area (Å²) in [5.74, 6) is -7.88. The monoisotopic (exact) mass is 1080 g/mol. The Balaban J connectivity index is 1.34. The summed E-state index contributed by atoms with van der Waals surface area (Å²) in [6.45, 7) is 3.34. The van der Waals surface area contributed by atoms with Crippen LogP contribution in [0.4, 0.5) is 0 Å². The van der Waals surface area contributed by atoms with Gasteiger partial charge in [-0.2, -0.15) is 0 Å². The number of phenols is 1. The molecule has 17 N–H and O–H groups in total.